The minimum atomic E-state index is -0.373. The lowest BCUT2D eigenvalue weighted by Crippen LogP contribution is -2.25. The van der Waals surface area contributed by atoms with Gasteiger partial charge in [-0.2, -0.15) is 0 Å². The Bertz CT molecular complexity index is 524. The summed E-state index contributed by atoms with van der Waals surface area (Å²) in [4.78, 5) is 15.1. The van der Waals surface area contributed by atoms with Crippen molar-refractivity contribution in [3.8, 4) is 0 Å². The number of rotatable bonds is 5. The summed E-state index contributed by atoms with van der Waals surface area (Å²) in [6, 6.07) is 9.84. The Balaban J connectivity index is 1.95. The van der Waals surface area contributed by atoms with Crippen molar-refractivity contribution in [1.82, 2.24) is 4.90 Å². The van der Waals surface area contributed by atoms with Gasteiger partial charge in [0.1, 0.15) is 5.82 Å². The second kappa shape index (κ2) is 5.89. The van der Waals surface area contributed by atoms with Gasteiger partial charge >= 0.3 is 0 Å². The van der Waals surface area contributed by atoms with E-state index in [0.29, 0.717) is 12.1 Å². The lowest BCUT2D eigenvalue weighted by Gasteiger charge is -2.14. The van der Waals surface area contributed by atoms with E-state index in [2.05, 4.69) is 0 Å². The molecule has 0 aliphatic carbocycles. The zero-order chi connectivity index (χ0) is 13.0. The zero-order valence-corrected chi connectivity index (χ0v) is 10.9. The molecule has 18 heavy (non-hydrogen) atoms. The predicted octanol–water partition coefficient (Wildman–Crippen LogP) is 3.20. The van der Waals surface area contributed by atoms with E-state index in [4.69, 9.17) is 0 Å². The van der Waals surface area contributed by atoms with Gasteiger partial charge in [-0.15, -0.1) is 11.3 Å². The maximum atomic E-state index is 13.0. The van der Waals surface area contributed by atoms with Gasteiger partial charge in [0.05, 0.1) is 6.54 Å². The maximum absolute atomic E-state index is 13.0. The lowest BCUT2D eigenvalue weighted by molar-refractivity contribution is 0.0943. The van der Waals surface area contributed by atoms with Gasteiger partial charge in [-0.3, -0.25) is 9.69 Å². The van der Waals surface area contributed by atoms with Crippen molar-refractivity contribution in [2.45, 2.75) is 6.54 Å². The van der Waals surface area contributed by atoms with Crippen LogP contribution in [0.4, 0.5) is 4.39 Å². The molecule has 4 heteroatoms. The second-order valence-corrected chi connectivity index (χ2v) is 5.22. The molecule has 0 N–H and O–H groups in total. The fraction of sp³-hybridized carbons (Fsp3) is 0.214. The normalized spacial score (nSPS) is 10.8. The highest BCUT2D eigenvalue weighted by atomic mass is 32.1. The molecule has 2 aromatic rings. The smallest absolute Gasteiger partial charge is 0.176 e. The summed E-state index contributed by atoms with van der Waals surface area (Å²) in [5.41, 5.74) is 0.424. The van der Waals surface area contributed by atoms with Crippen LogP contribution in [-0.4, -0.2) is 24.3 Å². The largest absolute Gasteiger partial charge is 0.294 e. The molecule has 0 saturated heterocycles. The molecule has 0 aliphatic rings. The van der Waals surface area contributed by atoms with Crippen molar-refractivity contribution >= 4 is 17.1 Å². The fourth-order valence-corrected chi connectivity index (χ4v) is 2.51. The predicted molar refractivity (Wildman–Crippen MR) is 71.4 cm³/mol. The molecule has 2 rings (SSSR count). The van der Waals surface area contributed by atoms with Crippen LogP contribution in [0.15, 0.2) is 41.8 Å². The van der Waals surface area contributed by atoms with Gasteiger partial charge in [0.2, 0.25) is 0 Å². The number of ketones is 1. The van der Waals surface area contributed by atoms with E-state index >= 15 is 0 Å². The first kappa shape index (κ1) is 12.9. The number of nitrogens with zero attached hydrogens (tertiary/aromatic N) is 1. The quantitative estimate of drug-likeness (QED) is 0.772. The number of Topliss-reactive ketones (excluding diaryl/α,β-unsaturated/α-hetero) is 1. The van der Waals surface area contributed by atoms with Crippen LogP contribution < -0.4 is 0 Å². The van der Waals surface area contributed by atoms with Gasteiger partial charge in [-0.1, -0.05) is 18.2 Å². The van der Waals surface area contributed by atoms with Crippen molar-refractivity contribution in [2.24, 2.45) is 0 Å². The van der Waals surface area contributed by atoms with Crippen LogP contribution in [0.3, 0.4) is 0 Å². The minimum Gasteiger partial charge on any atom is -0.294 e. The molecule has 0 amide bonds. The average Bonchev–Trinajstić information content (AvgIpc) is 2.81. The second-order valence-electron chi connectivity index (χ2n) is 4.19. The number of carbonyl (C=O) groups is 1. The number of carbonyl (C=O) groups excluding carboxylic acids is 1. The first-order valence-corrected chi connectivity index (χ1v) is 6.53. The molecule has 0 aliphatic heterocycles. The van der Waals surface area contributed by atoms with Crippen molar-refractivity contribution in [2.75, 3.05) is 13.6 Å². The Labute approximate surface area is 110 Å². The van der Waals surface area contributed by atoms with Gasteiger partial charge in [0.15, 0.2) is 5.78 Å². The Kier molecular flexibility index (Phi) is 4.23. The molecule has 1 heterocycles. The highest BCUT2D eigenvalue weighted by Gasteiger charge is 2.10. The first-order valence-electron chi connectivity index (χ1n) is 5.65. The molecule has 1 aromatic carbocycles. The van der Waals surface area contributed by atoms with Crippen LogP contribution in [0, 0.1) is 5.82 Å². The van der Waals surface area contributed by atoms with E-state index in [1.165, 1.54) is 17.0 Å². The number of hydrogen-bond donors (Lipinski definition) is 0. The van der Waals surface area contributed by atoms with Crippen LogP contribution in [0.5, 0.6) is 0 Å². The SMILES string of the molecule is CN(CC(=O)c1cccc(F)c1)Cc1cccs1. The topological polar surface area (TPSA) is 20.3 Å². The Morgan fingerprint density at radius 1 is 1.33 bits per heavy atom. The average molecular weight is 263 g/mol. The van der Waals surface area contributed by atoms with E-state index in [9.17, 15) is 9.18 Å². The van der Waals surface area contributed by atoms with Crippen molar-refractivity contribution in [3.63, 3.8) is 0 Å². The number of benzene rings is 1. The molecule has 0 atom stereocenters. The van der Waals surface area contributed by atoms with Crippen LogP contribution >= 0.6 is 11.3 Å². The summed E-state index contributed by atoms with van der Waals surface area (Å²) in [6.07, 6.45) is 0. The summed E-state index contributed by atoms with van der Waals surface area (Å²) in [5.74, 6) is -0.435. The third-order valence-corrected chi connectivity index (χ3v) is 3.43. The Morgan fingerprint density at radius 2 is 2.17 bits per heavy atom. The Morgan fingerprint density at radius 3 is 2.83 bits per heavy atom. The van der Waals surface area contributed by atoms with E-state index in [-0.39, 0.29) is 11.6 Å². The van der Waals surface area contributed by atoms with E-state index < -0.39 is 0 Å². The third-order valence-electron chi connectivity index (χ3n) is 2.57. The highest BCUT2D eigenvalue weighted by molar-refractivity contribution is 7.09. The molecule has 0 unspecified atom stereocenters. The molecule has 94 valence electrons. The van der Waals surface area contributed by atoms with Gasteiger partial charge in [-0.05, 0) is 30.6 Å². The van der Waals surface area contributed by atoms with Crippen LogP contribution in [0.25, 0.3) is 0 Å². The standard InChI is InChI=1S/C14H14FNOS/c1-16(9-13-6-3-7-18-13)10-14(17)11-4-2-5-12(15)8-11/h2-8H,9-10H2,1H3. The zero-order valence-electron chi connectivity index (χ0n) is 10.1. The molecule has 0 fully saturated rings. The van der Waals surface area contributed by atoms with E-state index in [1.54, 1.807) is 23.5 Å². The third kappa shape index (κ3) is 3.48. The summed E-state index contributed by atoms with van der Waals surface area (Å²) in [7, 11) is 1.89. The molecular weight excluding hydrogens is 249 g/mol. The number of halogens is 1. The number of hydrogen-bond acceptors (Lipinski definition) is 3. The Hall–Kier alpha value is -1.52. The maximum Gasteiger partial charge on any atom is 0.176 e. The lowest BCUT2D eigenvalue weighted by atomic mass is 10.1. The van der Waals surface area contributed by atoms with E-state index in [0.717, 1.165) is 6.54 Å². The van der Waals surface area contributed by atoms with Gasteiger partial charge in [-0.25, -0.2) is 4.39 Å². The number of thiophene rings is 1. The molecule has 0 spiro atoms. The summed E-state index contributed by atoms with van der Waals surface area (Å²) in [5, 5.41) is 2.01. The van der Waals surface area contributed by atoms with Gasteiger partial charge in [0, 0.05) is 17.0 Å². The molecule has 0 saturated carbocycles. The van der Waals surface area contributed by atoms with Crippen LogP contribution in [-0.2, 0) is 6.54 Å². The highest BCUT2D eigenvalue weighted by Crippen LogP contribution is 2.11. The van der Waals surface area contributed by atoms with Crippen molar-refractivity contribution < 1.29 is 9.18 Å². The van der Waals surface area contributed by atoms with Gasteiger partial charge < -0.3 is 0 Å². The monoisotopic (exact) mass is 263 g/mol. The summed E-state index contributed by atoms with van der Waals surface area (Å²) >= 11 is 1.66. The van der Waals surface area contributed by atoms with Crippen molar-refractivity contribution in [1.29, 1.82) is 0 Å². The molecule has 1 aromatic heterocycles. The fourth-order valence-electron chi connectivity index (χ4n) is 1.72. The van der Waals surface area contributed by atoms with Crippen molar-refractivity contribution in [3.05, 3.63) is 58.0 Å². The molecule has 0 radical (unpaired) electrons. The van der Waals surface area contributed by atoms with Crippen LogP contribution in [0.1, 0.15) is 15.2 Å². The van der Waals surface area contributed by atoms with Gasteiger partial charge in [0.25, 0.3) is 0 Å². The molecular formula is C14H14FNOS. The summed E-state index contributed by atoms with van der Waals surface area (Å²) < 4.78 is 13.0. The molecule has 0 bridgehead atoms. The number of likely N-dealkylation sites (N-methyl/N-ethyl adjacent to an activating group) is 1. The van der Waals surface area contributed by atoms with Crippen LogP contribution in [0.2, 0.25) is 0 Å². The summed E-state index contributed by atoms with van der Waals surface area (Å²) in [6.45, 7) is 1.03. The molecule has 2 nitrogen and oxygen atoms in total. The first-order chi connectivity index (χ1) is 8.65. The van der Waals surface area contributed by atoms with E-state index in [1.807, 2.05) is 29.5 Å². The minimum absolute atomic E-state index is 0.0615.